The third kappa shape index (κ3) is 5.11. The molecule has 0 spiro atoms. The summed E-state index contributed by atoms with van der Waals surface area (Å²) in [7, 11) is -2.06. The maximum absolute atomic E-state index is 13.1. The monoisotopic (exact) mass is 478 g/mol. The number of amides is 1. The SMILES string of the molecule is Cc1ccc2nc(COc3cccc(C(=O)N(C)C(C)c4ccc(S(N)(=O)=O)cc4)c3)cn2c1. The summed E-state index contributed by atoms with van der Waals surface area (Å²) in [6.45, 7) is 4.17. The molecule has 34 heavy (non-hydrogen) atoms. The van der Waals surface area contributed by atoms with Crippen LogP contribution >= 0.6 is 0 Å². The van der Waals surface area contributed by atoms with Crippen LogP contribution in [0, 0.1) is 6.92 Å². The number of ether oxygens (including phenoxy) is 1. The van der Waals surface area contributed by atoms with E-state index in [2.05, 4.69) is 4.98 Å². The van der Waals surface area contributed by atoms with E-state index in [1.807, 2.05) is 42.8 Å². The molecule has 2 aromatic heterocycles. The van der Waals surface area contributed by atoms with Crippen molar-refractivity contribution in [1.29, 1.82) is 0 Å². The number of hydrogen-bond acceptors (Lipinski definition) is 5. The molecule has 0 radical (unpaired) electrons. The molecule has 0 aliphatic rings. The number of imidazole rings is 1. The number of sulfonamides is 1. The van der Waals surface area contributed by atoms with E-state index in [1.54, 1.807) is 48.3 Å². The lowest BCUT2D eigenvalue weighted by molar-refractivity contribution is 0.0742. The number of fused-ring (bicyclic) bond motifs is 1. The number of nitrogens with two attached hydrogens (primary N) is 1. The van der Waals surface area contributed by atoms with E-state index < -0.39 is 10.0 Å². The highest BCUT2D eigenvalue weighted by Crippen LogP contribution is 2.24. The van der Waals surface area contributed by atoms with Gasteiger partial charge in [0.1, 0.15) is 18.0 Å². The molecule has 1 atom stereocenters. The molecule has 0 aliphatic heterocycles. The summed E-state index contributed by atoms with van der Waals surface area (Å²) in [5, 5.41) is 5.16. The van der Waals surface area contributed by atoms with Gasteiger partial charge < -0.3 is 14.0 Å². The lowest BCUT2D eigenvalue weighted by atomic mass is 10.1. The van der Waals surface area contributed by atoms with Crippen LogP contribution in [0.5, 0.6) is 5.75 Å². The first-order valence-electron chi connectivity index (χ1n) is 10.7. The van der Waals surface area contributed by atoms with Gasteiger partial charge in [0.25, 0.3) is 5.91 Å². The summed E-state index contributed by atoms with van der Waals surface area (Å²) >= 11 is 0. The van der Waals surface area contributed by atoms with Crippen LogP contribution in [0.15, 0.2) is 78.0 Å². The Balaban J connectivity index is 1.44. The quantitative estimate of drug-likeness (QED) is 0.436. The molecule has 4 rings (SSSR count). The highest BCUT2D eigenvalue weighted by Gasteiger charge is 2.20. The molecule has 9 heteroatoms. The topological polar surface area (TPSA) is 107 Å². The second-order valence-corrected chi connectivity index (χ2v) is 9.79. The molecular weight excluding hydrogens is 452 g/mol. The Morgan fingerprint density at radius 2 is 1.85 bits per heavy atom. The standard InChI is InChI=1S/C25H26N4O4S/c1-17-7-12-24-27-21(15-29(24)14-17)16-33-22-6-4-5-20(13-22)25(30)28(3)18(2)19-8-10-23(11-9-19)34(26,31)32/h4-15,18H,16H2,1-3H3,(H2,26,31,32). The fraction of sp³-hybridized carbons (Fsp3) is 0.200. The van der Waals surface area contributed by atoms with E-state index in [-0.39, 0.29) is 23.5 Å². The molecule has 2 heterocycles. The van der Waals surface area contributed by atoms with Gasteiger partial charge >= 0.3 is 0 Å². The van der Waals surface area contributed by atoms with Crippen molar-refractivity contribution in [1.82, 2.24) is 14.3 Å². The van der Waals surface area contributed by atoms with Gasteiger partial charge in [0.05, 0.1) is 16.6 Å². The van der Waals surface area contributed by atoms with Crippen LogP contribution in [0.25, 0.3) is 5.65 Å². The van der Waals surface area contributed by atoms with E-state index in [9.17, 15) is 13.2 Å². The lowest BCUT2D eigenvalue weighted by Gasteiger charge is -2.25. The van der Waals surface area contributed by atoms with Crippen molar-refractivity contribution >= 4 is 21.6 Å². The van der Waals surface area contributed by atoms with Gasteiger partial charge in [0.15, 0.2) is 0 Å². The number of nitrogens with zero attached hydrogens (tertiary/aromatic N) is 3. The highest BCUT2D eigenvalue weighted by atomic mass is 32.2. The van der Waals surface area contributed by atoms with Crippen LogP contribution in [-0.2, 0) is 16.6 Å². The van der Waals surface area contributed by atoms with Crippen molar-refractivity contribution in [2.45, 2.75) is 31.4 Å². The Hall–Kier alpha value is -3.69. The molecule has 2 aromatic carbocycles. The Morgan fingerprint density at radius 3 is 2.56 bits per heavy atom. The normalized spacial score (nSPS) is 12.5. The molecule has 176 valence electrons. The molecule has 0 saturated heterocycles. The number of rotatable bonds is 7. The number of aromatic nitrogens is 2. The number of carbonyl (C=O) groups excluding carboxylic acids is 1. The smallest absolute Gasteiger partial charge is 0.254 e. The maximum atomic E-state index is 13.1. The highest BCUT2D eigenvalue weighted by molar-refractivity contribution is 7.89. The van der Waals surface area contributed by atoms with Crippen LogP contribution in [0.3, 0.4) is 0 Å². The van der Waals surface area contributed by atoms with E-state index >= 15 is 0 Å². The van der Waals surface area contributed by atoms with Gasteiger partial charge in [0.2, 0.25) is 10.0 Å². The number of benzene rings is 2. The fourth-order valence-corrected chi connectivity index (χ4v) is 4.16. The Bertz CT molecular complexity index is 1450. The molecular formula is C25H26N4O4S. The van der Waals surface area contributed by atoms with Crippen molar-refractivity contribution in [2.75, 3.05) is 7.05 Å². The van der Waals surface area contributed by atoms with Crippen LogP contribution < -0.4 is 9.88 Å². The lowest BCUT2D eigenvalue weighted by Crippen LogP contribution is -2.29. The van der Waals surface area contributed by atoms with E-state index in [0.29, 0.717) is 11.3 Å². The summed E-state index contributed by atoms with van der Waals surface area (Å²) in [6, 6.07) is 16.9. The minimum Gasteiger partial charge on any atom is -0.487 e. The van der Waals surface area contributed by atoms with Gasteiger partial charge in [-0.3, -0.25) is 4.79 Å². The second-order valence-electron chi connectivity index (χ2n) is 8.23. The average molecular weight is 479 g/mol. The number of pyridine rings is 1. The Morgan fingerprint density at radius 1 is 1.12 bits per heavy atom. The molecule has 0 fully saturated rings. The zero-order valence-corrected chi connectivity index (χ0v) is 20.0. The van der Waals surface area contributed by atoms with Crippen molar-refractivity contribution in [3.63, 3.8) is 0 Å². The van der Waals surface area contributed by atoms with E-state index in [0.717, 1.165) is 22.5 Å². The predicted molar refractivity (Wildman–Crippen MR) is 129 cm³/mol. The predicted octanol–water partition coefficient (Wildman–Crippen LogP) is 3.70. The summed E-state index contributed by atoms with van der Waals surface area (Å²) in [6.07, 6.45) is 3.93. The summed E-state index contributed by atoms with van der Waals surface area (Å²) < 4.78 is 30.8. The summed E-state index contributed by atoms with van der Waals surface area (Å²) in [5.41, 5.74) is 4.05. The molecule has 8 nitrogen and oxygen atoms in total. The van der Waals surface area contributed by atoms with Gasteiger partial charge in [-0.05, 0) is 61.4 Å². The van der Waals surface area contributed by atoms with Crippen molar-refractivity contribution in [3.8, 4) is 5.75 Å². The first-order chi connectivity index (χ1) is 16.1. The van der Waals surface area contributed by atoms with Crippen LogP contribution in [-0.4, -0.2) is 35.7 Å². The molecule has 0 saturated carbocycles. The molecule has 0 aliphatic carbocycles. The zero-order valence-electron chi connectivity index (χ0n) is 19.2. The van der Waals surface area contributed by atoms with Crippen molar-refractivity contribution in [2.24, 2.45) is 5.14 Å². The fourth-order valence-electron chi connectivity index (χ4n) is 3.64. The molecule has 1 unspecified atom stereocenters. The van der Waals surface area contributed by atoms with Gasteiger partial charge in [-0.1, -0.05) is 24.3 Å². The summed E-state index contributed by atoms with van der Waals surface area (Å²) in [5.74, 6) is 0.384. The molecule has 0 bridgehead atoms. The number of hydrogen-bond donors (Lipinski definition) is 1. The largest absolute Gasteiger partial charge is 0.487 e. The van der Waals surface area contributed by atoms with Gasteiger partial charge in [0, 0.05) is 25.0 Å². The number of primary sulfonamides is 1. The van der Waals surface area contributed by atoms with Crippen LogP contribution in [0.1, 0.15) is 40.1 Å². The Kier molecular flexibility index (Phi) is 6.41. The summed E-state index contributed by atoms with van der Waals surface area (Å²) in [4.78, 5) is 19.3. The molecule has 2 N–H and O–H groups in total. The van der Waals surface area contributed by atoms with Gasteiger partial charge in [-0.25, -0.2) is 18.5 Å². The minimum atomic E-state index is -3.77. The zero-order chi connectivity index (χ0) is 24.5. The second kappa shape index (κ2) is 9.28. The maximum Gasteiger partial charge on any atom is 0.254 e. The third-order valence-corrected chi connectivity index (χ3v) is 6.64. The average Bonchev–Trinajstić information content (AvgIpc) is 3.23. The minimum absolute atomic E-state index is 0.0306. The van der Waals surface area contributed by atoms with Gasteiger partial charge in [-0.2, -0.15) is 0 Å². The molecule has 4 aromatic rings. The number of aryl methyl sites for hydroxylation is 1. The van der Waals surface area contributed by atoms with Crippen LogP contribution in [0.4, 0.5) is 0 Å². The Labute approximate surface area is 198 Å². The van der Waals surface area contributed by atoms with Crippen molar-refractivity contribution < 1.29 is 17.9 Å². The first-order valence-corrected chi connectivity index (χ1v) is 12.2. The van der Waals surface area contributed by atoms with Crippen LogP contribution in [0.2, 0.25) is 0 Å². The molecule has 1 amide bonds. The van der Waals surface area contributed by atoms with E-state index in [4.69, 9.17) is 9.88 Å². The van der Waals surface area contributed by atoms with Gasteiger partial charge in [-0.15, -0.1) is 0 Å². The third-order valence-electron chi connectivity index (χ3n) is 5.71. The van der Waals surface area contributed by atoms with Crippen molar-refractivity contribution in [3.05, 3.63) is 95.4 Å². The van der Waals surface area contributed by atoms with E-state index in [1.165, 1.54) is 12.1 Å². The first kappa shape index (κ1) is 23.5. The number of carbonyl (C=O) groups is 1.